The molecule has 0 radical (unpaired) electrons. The first kappa shape index (κ1) is 21.0. The molecule has 0 saturated carbocycles. The molecule has 144 valence electrons. The average molecular weight is 365 g/mol. The summed E-state index contributed by atoms with van der Waals surface area (Å²) in [5, 5.41) is 0. The van der Waals surface area contributed by atoms with E-state index >= 15 is 0 Å². The van der Waals surface area contributed by atoms with Gasteiger partial charge in [0, 0.05) is 6.42 Å². The summed E-state index contributed by atoms with van der Waals surface area (Å²) in [5.41, 5.74) is 2.62. The van der Waals surface area contributed by atoms with Crippen molar-refractivity contribution in [2.24, 2.45) is 5.92 Å². The van der Waals surface area contributed by atoms with Crippen LogP contribution in [0.3, 0.4) is 0 Å². The van der Waals surface area contributed by atoms with Crippen LogP contribution in [0.1, 0.15) is 64.5 Å². The molecule has 2 rings (SSSR count). The standard InChI is InChI=1S/C25H32O2/c1-5-20(2)21(3)14-12-13-19-24(26)27-25(4,22-15-8-6-9-16-22)23-17-10-7-11-18-23/h5-11,15-18,21H,12-14,19H2,1-4H3/b20-5+. The molecule has 0 aliphatic carbocycles. The highest BCUT2D eigenvalue weighted by Gasteiger charge is 2.32. The predicted molar refractivity (Wildman–Crippen MR) is 112 cm³/mol. The molecule has 0 fully saturated rings. The Kier molecular flexibility index (Phi) is 7.84. The first-order chi connectivity index (χ1) is 13.0. The Morgan fingerprint density at radius 2 is 1.52 bits per heavy atom. The van der Waals surface area contributed by atoms with E-state index in [0.29, 0.717) is 12.3 Å². The fraction of sp³-hybridized carbons (Fsp3) is 0.400. The molecule has 2 aromatic rings. The number of benzene rings is 2. The third-order valence-electron chi connectivity index (χ3n) is 5.47. The molecule has 27 heavy (non-hydrogen) atoms. The van der Waals surface area contributed by atoms with Gasteiger partial charge < -0.3 is 4.74 Å². The maximum Gasteiger partial charge on any atom is 0.307 e. The minimum absolute atomic E-state index is 0.138. The van der Waals surface area contributed by atoms with E-state index in [1.165, 1.54) is 5.57 Å². The number of esters is 1. The molecule has 1 unspecified atom stereocenters. The highest BCUT2D eigenvalue weighted by molar-refractivity contribution is 5.70. The first-order valence-corrected chi connectivity index (χ1v) is 9.93. The summed E-state index contributed by atoms with van der Waals surface area (Å²) < 4.78 is 6.04. The third kappa shape index (κ3) is 5.82. The van der Waals surface area contributed by atoms with Gasteiger partial charge in [-0.3, -0.25) is 4.79 Å². The molecule has 0 spiro atoms. The van der Waals surface area contributed by atoms with Crippen LogP contribution in [0.25, 0.3) is 0 Å². The van der Waals surface area contributed by atoms with E-state index < -0.39 is 5.60 Å². The van der Waals surface area contributed by atoms with Crippen LogP contribution in [0.2, 0.25) is 0 Å². The Morgan fingerprint density at radius 3 is 2.00 bits per heavy atom. The number of hydrogen-bond donors (Lipinski definition) is 0. The molecular formula is C25H32O2. The van der Waals surface area contributed by atoms with Crippen LogP contribution in [-0.4, -0.2) is 5.97 Å². The van der Waals surface area contributed by atoms with Gasteiger partial charge in [0.15, 0.2) is 5.60 Å². The lowest BCUT2D eigenvalue weighted by molar-refractivity contribution is -0.155. The smallest absolute Gasteiger partial charge is 0.307 e. The topological polar surface area (TPSA) is 26.3 Å². The van der Waals surface area contributed by atoms with E-state index in [2.05, 4.69) is 26.8 Å². The van der Waals surface area contributed by atoms with Gasteiger partial charge in [-0.05, 0) is 50.7 Å². The van der Waals surface area contributed by atoms with E-state index in [0.717, 1.165) is 30.4 Å². The van der Waals surface area contributed by atoms with Crippen molar-refractivity contribution >= 4 is 5.97 Å². The lowest BCUT2D eigenvalue weighted by Gasteiger charge is -2.31. The Labute approximate surface area is 164 Å². The molecular weight excluding hydrogens is 332 g/mol. The molecule has 0 N–H and O–H groups in total. The lowest BCUT2D eigenvalue weighted by Crippen LogP contribution is -2.30. The van der Waals surface area contributed by atoms with Crippen molar-refractivity contribution in [2.75, 3.05) is 0 Å². The fourth-order valence-electron chi connectivity index (χ4n) is 3.31. The second kappa shape index (κ2) is 10.1. The Balaban J connectivity index is 2.01. The average Bonchev–Trinajstić information content (AvgIpc) is 2.71. The molecule has 0 aliphatic heterocycles. The molecule has 2 nitrogen and oxygen atoms in total. The maximum atomic E-state index is 12.6. The third-order valence-corrected chi connectivity index (χ3v) is 5.47. The van der Waals surface area contributed by atoms with Crippen molar-refractivity contribution in [2.45, 2.75) is 59.0 Å². The maximum absolute atomic E-state index is 12.6. The van der Waals surface area contributed by atoms with Crippen LogP contribution < -0.4 is 0 Å². The van der Waals surface area contributed by atoms with Crippen LogP contribution in [0.4, 0.5) is 0 Å². The van der Waals surface area contributed by atoms with E-state index in [-0.39, 0.29) is 5.97 Å². The van der Waals surface area contributed by atoms with Crippen LogP contribution >= 0.6 is 0 Å². The second-order valence-electron chi connectivity index (χ2n) is 7.42. The molecule has 0 bridgehead atoms. The van der Waals surface area contributed by atoms with Crippen molar-refractivity contribution in [1.29, 1.82) is 0 Å². The fourth-order valence-corrected chi connectivity index (χ4v) is 3.31. The van der Waals surface area contributed by atoms with E-state index in [1.807, 2.05) is 67.6 Å². The highest BCUT2D eigenvalue weighted by Crippen LogP contribution is 2.33. The van der Waals surface area contributed by atoms with Gasteiger partial charge in [0.2, 0.25) is 0 Å². The summed E-state index contributed by atoms with van der Waals surface area (Å²) in [4.78, 5) is 12.6. The first-order valence-electron chi connectivity index (χ1n) is 9.93. The Morgan fingerprint density at radius 1 is 1.00 bits per heavy atom. The molecule has 0 amide bonds. The van der Waals surface area contributed by atoms with Gasteiger partial charge in [0.05, 0.1) is 0 Å². The van der Waals surface area contributed by atoms with Gasteiger partial charge in [-0.25, -0.2) is 0 Å². The normalized spacial score (nSPS) is 13.3. The van der Waals surface area contributed by atoms with Crippen molar-refractivity contribution in [3.8, 4) is 0 Å². The second-order valence-corrected chi connectivity index (χ2v) is 7.42. The van der Waals surface area contributed by atoms with Crippen molar-refractivity contribution in [3.63, 3.8) is 0 Å². The van der Waals surface area contributed by atoms with Crippen molar-refractivity contribution in [1.82, 2.24) is 0 Å². The Bertz CT molecular complexity index is 692. The zero-order valence-electron chi connectivity index (χ0n) is 17.1. The minimum atomic E-state index is -0.769. The molecule has 0 aliphatic rings. The summed E-state index contributed by atoms with van der Waals surface area (Å²) >= 11 is 0. The van der Waals surface area contributed by atoms with Gasteiger partial charge in [-0.1, -0.05) is 85.7 Å². The van der Waals surface area contributed by atoms with Crippen molar-refractivity contribution < 1.29 is 9.53 Å². The van der Waals surface area contributed by atoms with Gasteiger partial charge in [-0.15, -0.1) is 0 Å². The number of carbonyl (C=O) groups is 1. The van der Waals surface area contributed by atoms with Gasteiger partial charge >= 0.3 is 5.97 Å². The van der Waals surface area contributed by atoms with Crippen LogP contribution in [0, 0.1) is 5.92 Å². The molecule has 2 heteroatoms. The SMILES string of the molecule is C/C=C(\C)C(C)CCCCC(=O)OC(C)(c1ccccc1)c1ccccc1. The largest absolute Gasteiger partial charge is 0.450 e. The Hall–Kier alpha value is -2.35. The summed E-state index contributed by atoms with van der Waals surface area (Å²) in [6, 6.07) is 19.9. The number of unbranched alkanes of at least 4 members (excludes halogenated alkanes) is 1. The molecule has 0 heterocycles. The predicted octanol–water partition coefficient (Wildman–Crippen LogP) is 6.66. The zero-order chi connectivity index (χ0) is 19.7. The molecule has 1 atom stereocenters. The van der Waals surface area contributed by atoms with Crippen LogP contribution in [0.15, 0.2) is 72.3 Å². The number of rotatable bonds is 9. The summed E-state index contributed by atoms with van der Waals surface area (Å²) in [5.74, 6) is 0.436. The summed E-state index contributed by atoms with van der Waals surface area (Å²) in [6.45, 7) is 8.48. The molecule has 0 saturated heterocycles. The summed E-state index contributed by atoms with van der Waals surface area (Å²) in [6.07, 6.45) is 5.63. The van der Waals surface area contributed by atoms with Crippen molar-refractivity contribution in [3.05, 3.63) is 83.4 Å². The minimum Gasteiger partial charge on any atom is -0.450 e. The van der Waals surface area contributed by atoms with E-state index in [1.54, 1.807) is 0 Å². The van der Waals surface area contributed by atoms with Gasteiger partial charge in [0.1, 0.15) is 0 Å². The van der Waals surface area contributed by atoms with Gasteiger partial charge in [0.25, 0.3) is 0 Å². The number of allylic oxidation sites excluding steroid dienone is 2. The van der Waals surface area contributed by atoms with E-state index in [4.69, 9.17) is 4.74 Å². The quantitative estimate of drug-likeness (QED) is 0.283. The number of ether oxygens (including phenoxy) is 1. The number of hydrogen-bond acceptors (Lipinski definition) is 2. The lowest BCUT2D eigenvalue weighted by atomic mass is 9.88. The van der Waals surface area contributed by atoms with Crippen LogP contribution in [-0.2, 0) is 15.1 Å². The molecule has 2 aromatic carbocycles. The summed E-state index contributed by atoms with van der Waals surface area (Å²) in [7, 11) is 0. The zero-order valence-corrected chi connectivity index (χ0v) is 17.1. The number of carbonyl (C=O) groups excluding carboxylic acids is 1. The highest BCUT2D eigenvalue weighted by atomic mass is 16.6. The van der Waals surface area contributed by atoms with Gasteiger partial charge in [-0.2, -0.15) is 0 Å². The monoisotopic (exact) mass is 364 g/mol. The molecule has 0 aromatic heterocycles. The van der Waals surface area contributed by atoms with Crippen LogP contribution in [0.5, 0.6) is 0 Å². The van der Waals surface area contributed by atoms with E-state index in [9.17, 15) is 4.79 Å².